The molecule has 110 valence electrons. The molecule has 0 saturated carbocycles. The standard InChI is InChI=1S/C16H24N2O2/c1-2-14(18-8-3-6-17-7-9-18)13-4-5-15-16(12-13)20-11-10-19-15/h4-5,12,14,17H,2-3,6-11H2,1H3. The molecule has 0 aromatic heterocycles. The molecule has 1 atom stereocenters. The van der Waals surface area contributed by atoms with Crippen LogP contribution in [0.15, 0.2) is 18.2 Å². The largest absolute Gasteiger partial charge is 0.486 e. The van der Waals surface area contributed by atoms with Crippen LogP contribution in [0.25, 0.3) is 0 Å². The van der Waals surface area contributed by atoms with Gasteiger partial charge in [-0.2, -0.15) is 0 Å². The highest BCUT2D eigenvalue weighted by Crippen LogP contribution is 2.35. The molecular formula is C16H24N2O2. The van der Waals surface area contributed by atoms with Crippen molar-refractivity contribution in [3.05, 3.63) is 23.8 Å². The fourth-order valence-electron chi connectivity index (χ4n) is 3.15. The highest BCUT2D eigenvalue weighted by Gasteiger charge is 2.22. The van der Waals surface area contributed by atoms with E-state index in [0.29, 0.717) is 19.3 Å². The van der Waals surface area contributed by atoms with Crippen molar-refractivity contribution in [2.24, 2.45) is 0 Å². The van der Waals surface area contributed by atoms with Gasteiger partial charge in [0.05, 0.1) is 0 Å². The second-order valence-electron chi connectivity index (χ2n) is 5.47. The molecule has 0 spiro atoms. The quantitative estimate of drug-likeness (QED) is 0.917. The summed E-state index contributed by atoms with van der Waals surface area (Å²) in [4.78, 5) is 2.59. The molecule has 4 heteroatoms. The van der Waals surface area contributed by atoms with Crippen LogP contribution >= 0.6 is 0 Å². The first-order valence-electron chi connectivity index (χ1n) is 7.73. The van der Waals surface area contributed by atoms with Crippen molar-refractivity contribution >= 4 is 0 Å². The van der Waals surface area contributed by atoms with Crippen molar-refractivity contribution in [3.8, 4) is 11.5 Å². The summed E-state index contributed by atoms with van der Waals surface area (Å²) in [6.07, 6.45) is 2.35. The molecule has 3 rings (SSSR count). The second-order valence-corrected chi connectivity index (χ2v) is 5.47. The van der Waals surface area contributed by atoms with Gasteiger partial charge in [0.25, 0.3) is 0 Å². The van der Waals surface area contributed by atoms with Crippen molar-refractivity contribution < 1.29 is 9.47 Å². The van der Waals surface area contributed by atoms with Gasteiger partial charge < -0.3 is 14.8 Å². The number of rotatable bonds is 3. The number of nitrogens with one attached hydrogen (secondary N) is 1. The van der Waals surface area contributed by atoms with E-state index in [0.717, 1.165) is 37.6 Å². The Balaban J connectivity index is 1.81. The first-order chi connectivity index (χ1) is 9.88. The summed E-state index contributed by atoms with van der Waals surface area (Å²) in [5, 5.41) is 3.47. The zero-order valence-electron chi connectivity index (χ0n) is 12.2. The van der Waals surface area contributed by atoms with Gasteiger partial charge in [0.15, 0.2) is 11.5 Å². The maximum Gasteiger partial charge on any atom is 0.161 e. The van der Waals surface area contributed by atoms with Crippen molar-refractivity contribution in [1.29, 1.82) is 0 Å². The Hall–Kier alpha value is -1.26. The third kappa shape index (κ3) is 2.91. The van der Waals surface area contributed by atoms with Crippen LogP contribution in [0.2, 0.25) is 0 Å². The first-order valence-corrected chi connectivity index (χ1v) is 7.73. The number of nitrogens with zero attached hydrogens (tertiary/aromatic N) is 1. The fraction of sp³-hybridized carbons (Fsp3) is 0.625. The van der Waals surface area contributed by atoms with E-state index in [1.807, 2.05) is 0 Å². The Labute approximate surface area is 121 Å². The van der Waals surface area contributed by atoms with E-state index in [1.54, 1.807) is 0 Å². The van der Waals surface area contributed by atoms with Crippen LogP contribution in [0.4, 0.5) is 0 Å². The van der Waals surface area contributed by atoms with Crippen molar-refractivity contribution in [2.75, 3.05) is 39.4 Å². The number of ether oxygens (including phenoxy) is 2. The molecule has 2 heterocycles. The van der Waals surface area contributed by atoms with E-state index >= 15 is 0 Å². The van der Waals surface area contributed by atoms with Gasteiger partial charge in [-0.05, 0) is 37.1 Å². The molecule has 1 N–H and O–H groups in total. The SMILES string of the molecule is CCC(c1ccc2c(c1)OCCO2)N1CCCNCC1. The predicted molar refractivity (Wildman–Crippen MR) is 79.5 cm³/mol. The molecule has 20 heavy (non-hydrogen) atoms. The van der Waals surface area contributed by atoms with Crippen LogP contribution in [0.1, 0.15) is 31.4 Å². The van der Waals surface area contributed by atoms with Crippen LogP contribution < -0.4 is 14.8 Å². The van der Waals surface area contributed by atoms with Crippen LogP contribution in [-0.2, 0) is 0 Å². The zero-order chi connectivity index (χ0) is 13.8. The van der Waals surface area contributed by atoms with Crippen molar-refractivity contribution in [2.45, 2.75) is 25.8 Å². The smallest absolute Gasteiger partial charge is 0.161 e. The second kappa shape index (κ2) is 6.46. The van der Waals surface area contributed by atoms with Crippen LogP contribution in [0.5, 0.6) is 11.5 Å². The van der Waals surface area contributed by atoms with Gasteiger partial charge in [-0.15, -0.1) is 0 Å². The van der Waals surface area contributed by atoms with Gasteiger partial charge in [0.2, 0.25) is 0 Å². The summed E-state index contributed by atoms with van der Waals surface area (Å²) in [7, 11) is 0. The molecule has 1 fully saturated rings. The van der Waals surface area contributed by atoms with E-state index in [-0.39, 0.29) is 0 Å². The third-order valence-corrected chi connectivity index (χ3v) is 4.15. The molecule has 1 aromatic carbocycles. The normalized spacial score (nSPS) is 21.2. The Bertz CT molecular complexity index is 442. The van der Waals surface area contributed by atoms with Gasteiger partial charge in [0.1, 0.15) is 13.2 Å². The first kappa shape index (κ1) is 13.7. The van der Waals surface area contributed by atoms with Gasteiger partial charge in [-0.3, -0.25) is 4.90 Å². The summed E-state index contributed by atoms with van der Waals surface area (Å²) in [5.74, 6) is 1.78. The minimum Gasteiger partial charge on any atom is -0.486 e. The lowest BCUT2D eigenvalue weighted by molar-refractivity contribution is 0.169. The lowest BCUT2D eigenvalue weighted by Gasteiger charge is -2.31. The average Bonchev–Trinajstić information content (AvgIpc) is 2.77. The Kier molecular flexibility index (Phi) is 4.43. The van der Waals surface area contributed by atoms with Crippen LogP contribution in [0.3, 0.4) is 0 Å². The number of hydrogen-bond acceptors (Lipinski definition) is 4. The zero-order valence-corrected chi connectivity index (χ0v) is 12.2. The number of fused-ring (bicyclic) bond motifs is 1. The van der Waals surface area contributed by atoms with Crippen molar-refractivity contribution in [1.82, 2.24) is 10.2 Å². The summed E-state index contributed by atoms with van der Waals surface area (Å²) >= 11 is 0. The molecule has 0 aliphatic carbocycles. The molecule has 0 bridgehead atoms. The highest BCUT2D eigenvalue weighted by molar-refractivity contribution is 5.44. The monoisotopic (exact) mass is 276 g/mol. The fourth-order valence-corrected chi connectivity index (χ4v) is 3.15. The Morgan fingerprint density at radius 3 is 2.85 bits per heavy atom. The lowest BCUT2D eigenvalue weighted by atomic mass is 10.0. The molecule has 1 saturated heterocycles. The van der Waals surface area contributed by atoms with E-state index in [9.17, 15) is 0 Å². The minimum atomic E-state index is 0.478. The van der Waals surface area contributed by atoms with Crippen LogP contribution in [0, 0.1) is 0 Å². The van der Waals surface area contributed by atoms with Crippen LogP contribution in [-0.4, -0.2) is 44.3 Å². The molecule has 2 aliphatic heterocycles. The third-order valence-electron chi connectivity index (χ3n) is 4.15. The Morgan fingerprint density at radius 2 is 2.00 bits per heavy atom. The number of benzene rings is 1. The summed E-state index contributed by atoms with van der Waals surface area (Å²) < 4.78 is 11.3. The van der Waals surface area contributed by atoms with Gasteiger partial charge in [-0.1, -0.05) is 13.0 Å². The molecule has 0 amide bonds. The van der Waals surface area contributed by atoms with E-state index in [4.69, 9.17) is 9.47 Å². The maximum absolute atomic E-state index is 5.71. The predicted octanol–water partition coefficient (Wildman–Crippen LogP) is 2.20. The van der Waals surface area contributed by atoms with E-state index in [1.165, 1.54) is 18.5 Å². The molecule has 1 aromatic rings. The van der Waals surface area contributed by atoms with E-state index in [2.05, 4.69) is 35.3 Å². The highest BCUT2D eigenvalue weighted by atomic mass is 16.6. The number of hydrogen-bond donors (Lipinski definition) is 1. The molecule has 4 nitrogen and oxygen atoms in total. The lowest BCUT2D eigenvalue weighted by Crippen LogP contribution is -2.32. The molecule has 1 unspecified atom stereocenters. The minimum absolute atomic E-state index is 0.478. The Morgan fingerprint density at radius 1 is 1.15 bits per heavy atom. The molecule has 2 aliphatic rings. The van der Waals surface area contributed by atoms with Gasteiger partial charge >= 0.3 is 0 Å². The topological polar surface area (TPSA) is 33.7 Å². The molecular weight excluding hydrogens is 252 g/mol. The average molecular weight is 276 g/mol. The maximum atomic E-state index is 5.71. The summed E-state index contributed by atoms with van der Waals surface area (Å²) in [5.41, 5.74) is 1.35. The summed E-state index contributed by atoms with van der Waals surface area (Å²) in [6.45, 7) is 8.07. The van der Waals surface area contributed by atoms with Gasteiger partial charge in [0, 0.05) is 25.7 Å². The summed E-state index contributed by atoms with van der Waals surface area (Å²) in [6, 6.07) is 6.90. The van der Waals surface area contributed by atoms with Crippen molar-refractivity contribution in [3.63, 3.8) is 0 Å². The molecule has 0 radical (unpaired) electrons. The van der Waals surface area contributed by atoms with Gasteiger partial charge in [-0.25, -0.2) is 0 Å². The van der Waals surface area contributed by atoms with E-state index < -0.39 is 0 Å².